The van der Waals surface area contributed by atoms with E-state index in [2.05, 4.69) is 15.6 Å². The van der Waals surface area contributed by atoms with Crippen molar-refractivity contribution < 1.29 is 9.90 Å². The van der Waals surface area contributed by atoms with Crippen LogP contribution in [-0.4, -0.2) is 35.2 Å². The van der Waals surface area contributed by atoms with E-state index in [1.54, 1.807) is 6.92 Å². The third-order valence-electron chi connectivity index (χ3n) is 1.84. The summed E-state index contributed by atoms with van der Waals surface area (Å²) < 4.78 is 0. The van der Waals surface area contributed by atoms with Gasteiger partial charge in [-0.3, -0.25) is 4.79 Å². The summed E-state index contributed by atoms with van der Waals surface area (Å²) in [5.74, 6) is -0.0932. The van der Waals surface area contributed by atoms with Crippen LogP contribution < -0.4 is 16.4 Å². The minimum atomic E-state index is -0.305. The van der Waals surface area contributed by atoms with E-state index in [4.69, 9.17) is 10.8 Å². The number of rotatable bonds is 5. The van der Waals surface area contributed by atoms with Crippen molar-refractivity contribution >= 4 is 28.2 Å². The molecular formula is C9H16N4O2S. The van der Waals surface area contributed by atoms with Gasteiger partial charge in [-0.2, -0.15) is 0 Å². The molecule has 1 unspecified atom stereocenters. The molecule has 0 saturated carbocycles. The summed E-state index contributed by atoms with van der Waals surface area (Å²) in [4.78, 5) is 16.1. The second-order valence-corrected chi connectivity index (χ2v) is 4.32. The highest BCUT2D eigenvalue weighted by molar-refractivity contribution is 7.18. The number of amides is 1. The number of aromatic nitrogens is 1. The number of hydrogen-bond acceptors (Lipinski definition) is 6. The number of aliphatic hydroxyl groups is 1. The van der Waals surface area contributed by atoms with Crippen LogP contribution in [0, 0.1) is 0 Å². The van der Waals surface area contributed by atoms with E-state index in [9.17, 15) is 4.79 Å². The SMILES string of the molecule is CCNc1nc(N)c(C(=O)NC(C)CO)s1. The molecule has 0 radical (unpaired) electrons. The maximum absolute atomic E-state index is 11.7. The summed E-state index contributed by atoms with van der Waals surface area (Å²) in [7, 11) is 0. The van der Waals surface area contributed by atoms with Crippen molar-refractivity contribution in [3.63, 3.8) is 0 Å². The maximum atomic E-state index is 11.7. The zero-order chi connectivity index (χ0) is 12.1. The van der Waals surface area contributed by atoms with Crippen LogP contribution in [-0.2, 0) is 0 Å². The topological polar surface area (TPSA) is 100 Å². The quantitative estimate of drug-likeness (QED) is 0.595. The zero-order valence-corrected chi connectivity index (χ0v) is 10.1. The fourth-order valence-electron chi connectivity index (χ4n) is 1.06. The van der Waals surface area contributed by atoms with E-state index < -0.39 is 0 Å². The van der Waals surface area contributed by atoms with Gasteiger partial charge in [-0.1, -0.05) is 11.3 Å². The van der Waals surface area contributed by atoms with Crippen LogP contribution in [0.25, 0.3) is 0 Å². The van der Waals surface area contributed by atoms with E-state index in [-0.39, 0.29) is 24.4 Å². The summed E-state index contributed by atoms with van der Waals surface area (Å²) in [6, 6.07) is -0.295. The Hall–Kier alpha value is -1.34. The number of carbonyl (C=O) groups is 1. The van der Waals surface area contributed by atoms with Gasteiger partial charge in [0, 0.05) is 12.6 Å². The van der Waals surface area contributed by atoms with E-state index in [1.165, 1.54) is 11.3 Å². The Balaban J connectivity index is 2.75. The van der Waals surface area contributed by atoms with Gasteiger partial charge in [-0.15, -0.1) is 0 Å². The molecule has 1 heterocycles. The largest absolute Gasteiger partial charge is 0.394 e. The smallest absolute Gasteiger partial charge is 0.265 e. The van der Waals surface area contributed by atoms with E-state index in [0.29, 0.717) is 10.0 Å². The van der Waals surface area contributed by atoms with Gasteiger partial charge in [0.05, 0.1) is 6.61 Å². The number of carbonyl (C=O) groups excluding carboxylic acids is 1. The van der Waals surface area contributed by atoms with Gasteiger partial charge in [0.15, 0.2) is 5.13 Å². The molecule has 0 aliphatic rings. The molecule has 0 bridgehead atoms. The molecule has 90 valence electrons. The number of nitrogens with two attached hydrogens (primary N) is 1. The van der Waals surface area contributed by atoms with Gasteiger partial charge in [0.1, 0.15) is 10.7 Å². The van der Waals surface area contributed by atoms with Crippen LogP contribution in [0.1, 0.15) is 23.5 Å². The molecule has 0 spiro atoms. The number of thiazole rings is 1. The Kier molecular flexibility index (Phi) is 4.51. The van der Waals surface area contributed by atoms with Gasteiger partial charge in [-0.25, -0.2) is 4.98 Å². The number of nitrogens with one attached hydrogen (secondary N) is 2. The molecule has 0 aliphatic carbocycles. The molecule has 1 rings (SSSR count). The lowest BCUT2D eigenvalue weighted by atomic mass is 10.3. The minimum absolute atomic E-state index is 0.107. The molecule has 1 aromatic heterocycles. The number of anilines is 2. The maximum Gasteiger partial charge on any atom is 0.265 e. The van der Waals surface area contributed by atoms with Crippen LogP contribution in [0.5, 0.6) is 0 Å². The van der Waals surface area contributed by atoms with Gasteiger partial charge < -0.3 is 21.5 Å². The van der Waals surface area contributed by atoms with Crippen molar-refractivity contribution in [2.24, 2.45) is 0 Å². The number of nitrogens with zero attached hydrogens (tertiary/aromatic N) is 1. The molecule has 7 heteroatoms. The Morgan fingerprint density at radius 1 is 1.69 bits per heavy atom. The summed E-state index contributed by atoms with van der Waals surface area (Å²) in [5.41, 5.74) is 5.63. The van der Waals surface area contributed by atoms with Crippen molar-refractivity contribution in [2.45, 2.75) is 19.9 Å². The summed E-state index contributed by atoms with van der Waals surface area (Å²) in [6.45, 7) is 4.26. The van der Waals surface area contributed by atoms with Crippen LogP contribution in [0.2, 0.25) is 0 Å². The highest BCUT2D eigenvalue weighted by Crippen LogP contribution is 2.24. The normalized spacial score (nSPS) is 12.2. The molecule has 5 N–H and O–H groups in total. The Labute approximate surface area is 97.9 Å². The van der Waals surface area contributed by atoms with Gasteiger partial charge in [0.25, 0.3) is 5.91 Å². The molecule has 0 fully saturated rings. The van der Waals surface area contributed by atoms with Crippen LogP contribution in [0.15, 0.2) is 0 Å². The third-order valence-corrected chi connectivity index (χ3v) is 2.87. The summed E-state index contributed by atoms with van der Waals surface area (Å²) >= 11 is 1.20. The van der Waals surface area contributed by atoms with Crippen molar-refractivity contribution in [3.8, 4) is 0 Å². The first-order valence-electron chi connectivity index (χ1n) is 5.00. The Bertz CT molecular complexity index is 366. The number of nitrogen functional groups attached to an aromatic ring is 1. The molecule has 0 saturated heterocycles. The van der Waals surface area contributed by atoms with Crippen molar-refractivity contribution in [1.29, 1.82) is 0 Å². The molecule has 1 aromatic rings. The van der Waals surface area contributed by atoms with E-state index in [0.717, 1.165) is 6.54 Å². The number of aliphatic hydroxyl groups excluding tert-OH is 1. The van der Waals surface area contributed by atoms with Crippen molar-refractivity contribution in [2.75, 3.05) is 24.2 Å². The van der Waals surface area contributed by atoms with E-state index >= 15 is 0 Å². The second kappa shape index (κ2) is 5.66. The monoisotopic (exact) mass is 244 g/mol. The molecular weight excluding hydrogens is 228 g/mol. The first-order valence-corrected chi connectivity index (χ1v) is 5.82. The Morgan fingerprint density at radius 2 is 2.38 bits per heavy atom. The van der Waals surface area contributed by atoms with Gasteiger partial charge in [-0.05, 0) is 13.8 Å². The predicted molar refractivity (Wildman–Crippen MR) is 64.7 cm³/mol. The molecule has 16 heavy (non-hydrogen) atoms. The average molecular weight is 244 g/mol. The molecule has 0 aromatic carbocycles. The molecule has 1 amide bonds. The fraction of sp³-hybridized carbons (Fsp3) is 0.556. The standard InChI is InChI=1S/C9H16N4O2S/c1-3-11-9-13-7(10)6(16-9)8(15)12-5(2)4-14/h5,14H,3-4,10H2,1-2H3,(H,11,13)(H,12,15). The Morgan fingerprint density at radius 3 is 2.94 bits per heavy atom. The van der Waals surface area contributed by atoms with Crippen molar-refractivity contribution in [1.82, 2.24) is 10.3 Å². The first kappa shape index (κ1) is 12.7. The summed E-state index contributed by atoms with van der Waals surface area (Å²) in [5, 5.41) is 15.1. The van der Waals surface area contributed by atoms with E-state index in [1.807, 2.05) is 6.92 Å². The summed E-state index contributed by atoms with van der Waals surface area (Å²) in [6.07, 6.45) is 0. The zero-order valence-electron chi connectivity index (χ0n) is 9.28. The second-order valence-electron chi connectivity index (χ2n) is 3.32. The van der Waals surface area contributed by atoms with Crippen LogP contribution in [0.4, 0.5) is 10.9 Å². The highest BCUT2D eigenvalue weighted by Gasteiger charge is 2.17. The van der Waals surface area contributed by atoms with Crippen molar-refractivity contribution in [3.05, 3.63) is 4.88 Å². The predicted octanol–water partition coefficient (Wildman–Crippen LogP) is 0.268. The molecule has 6 nitrogen and oxygen atoms in total. The van der Waals surface area contributed by atoms with Crippen LogP contribution in [0.3, 0.4) is 0 Å². The molecule has 1 atom stereocenters. The first-order chi connectivity index (χ1) is 7.58. The van der Waals surface area contributed by atoms with Gasteiger partial charge in [0.2, 0.25) is 0 Å². The lowest BCUT2D eigenvalue weighted by Gasteiger charge is -2.09. The lowest BCUT2D eigenvalue weighted by molar-refractivity contribution is 0.0927. The highest BCUT2D eigenvalue weighted by atomic mass is 32.1. The minimum Gasteiger partial charge on any atom is -0.394 e. The third kappa shape index (κ3) is 3.07. The van der Waals surface area contributed by atoms with Gasteiger partial charge >= 0.3 is 0 Å². The molecule has 0 aliphatic heterocycles. The average Bonchev–Trinajstić information content (AvgIpc) is 2.60. The van der Waals surface area contributed by atoms with Crippen LogP contribution >= 0.6 is 11.3 Å². The lowest BCUT2D eigenvalue weighted by Crippen LogP contribution is -2.34. The number of hydrogen-bond donors (Lipinski definition) is 4. The fourth-order valence-corrected chi connectivity index (χ4v) is 1.91.